The Morgan fingerprint density at radius 1 is 1.07 bits per heavy atom. The van der Waals surface area contributed by atoms with Gasteiger partial charge in [-0.2, -0.15) is 0 Å². The first-order valence-electron chi connectivity index (χ1n) is 10.9. The summed E-state index contributed by atoms with van der Waals surface area (Å²) < 4.78 is 10.9. The van der Waals surface area contributed by atoms with Crippen LogP contribution in [0.25, 0.3) is 0 Å². The van der Waals surface area contributed by atoms with E-state index in [1.54, 1.807) is 18.4 Å². The predicted molar refractivity (Wildman–Crippen MR) is 111 cm³/mol. The fourth-order valence-corrected chi connectivity index (χ4v) is 5.53. The zero-order valence-electron chi connectivity index (χ0n) is 17.0. The molecule has 1 aromatic heterocycles. The van der Waals surface area contributed by atoms with Crippen molar-refractivity contribution in [3.05, 3.63) is 59.5 Å². The lowest BCUT2D eigenvalue weighted by Crippen LogP contribution is -2.53. The van der Waals surface area contributed by atoms with Gasteiger partial charge in [0.1, 0.15) is 0 Å². The number of rotatable bonds is 3. The highest BCUT2D eigenvalue weighted by Crippen LogP contribution is 2.42. The largest absolute Gasteiger partial charge is 0.459 e. The van der Waals surface area contributed by atoms with Gasteiger partial charge < -0.3 is 14.1 Å². The summed E-state index contributed by atoms with van der Waals surface area (Å²) in [7, 11) is 0. The number of carbonyl (C=O) groups is 1. The molecule has 154 valence electrons. The van der Waals surface area contributed by atoms with Crippen LogP contribution in [0.3, 0.4) is 0 Å². The third-order valence-electron chi connectivity index (χ3n) is 7.11. The van der Waals surface area contributed by atoms with E-state index < -0.39 is 0 Å². The van der Waals surface area contributed by atoms with E-state index in [4.69, 9.17) is 9.15 Å². The van der Waals surface area contributed by atoms with Gasteiger partial charge in [-0.05, 0) is 54.9 Å². The van der Waals surface area contributed by atoms with E-state index in [1.807, 2.05) is 4.90 Å². The number of hydrogen-bond acceptors (Lipinski definition) is 4. The van der Waals surface area contributed by atoms with Crippen LogP contribution < -0.4 is 0 Å². The van der Waals surface area contributed by atoms with Gasteiger partial charge in [-0.25, -0.2) is 0 Å². The highest BCUT2D eigenvalue weighted by molar-refractivity contribution is 5.91. The lowest BCUT2D eigenvalue weighted by atomic mass is 9.68. The van der Waals surface area contributed by atoms with Gasteiger partial charge in [0.2, 0.25) is 0 Å². The molecule has 0 bridgehead atoms. The summed E-state index contributed by atoms with van der Waals surface area (Å²) in [5.74, 6) is 1.21. The molecule has 5 rings (SSSR count). The van der Waals surface area contributed by atoms with E-state index in [2.05, 4.69) is 29.2 Å². The number of furan rings is 1. The van der Waals surface area contributed by atoms with Crippen LogP contribution in [0.4, 0.5) is 0 Å². The minimum Gasteiger partial charge on any atom is -0.459 e. The highest BCUT2D eigenvalue weighted by Gasteiger charge is 2.43. The molecule has 0 radical (unpaired) electrons. The average molecular weight is 395 g/mol. The number of carbonyl (C=O) groups excluding carboxylic acids is 1. The molecule has 2 aromatic rings. The normalized spacial score (nSPS) is 22.6. The van der Waals surface area contributed by atoms with Crippen LogP contribution in [-0.2, 0) is 16.7 Å². The number of likely N-dealkylation sites (tertiary alicyclic amines) is 1. The second kappa shape index (κ2) is 7.96. The van der Waals surface area contributed by atoms with Gasteiger partial charge >= 0.3 is 0 Å². The van der Waals surface area contributed by atoms with Crippen molar-refractivity contribution in [2.75, 3.05) is 39.4 Å². The lowest BCUT2D eigenvalue weighted by molar-refractivity contribution is 0.0355. The number of benzene rings is 1. The number of ether oxygens (including phenoxy) is 1. The van der Waals surface area contributed by atoms with Crippen molar-refractivity contribution in [3.8, 4) is 0 Å². The molecule has 0 unspecified atom stereocenters. The van der Waals surface area contributed by atoms with Gasteiger partial charge in [-0.1, -0.05) is 24.3 Å². The van der Waals surface area contributed by atoms with Crippen LogP contribution in [0.5, 0.6) is 0 Å². The van der Waals surface area contributed by atoms with Crippen molar-refractivity contribution in [3.63, 3.8) is 0 Å². The average Bonchev–Trinajstić information content (AvgIpc) is 3.30. The van der Waals surface area contributed by atoms with Crippen LogP contribution >= 0.6 is 0 Å². The second-order valence-corrected chi connectivity index (χ2v) is 8.93. The van der Waals surface area contributed by atoms with E-state index in [0.717, 1.165) is 64.7 Å². The maximum atomic E-state index is 12.7. The number of amides is 1. The Hall–Kier alpha value is -2.11. The summed E-state index contributed by atoms with van der Waals surface area (Å²) in [5.41, 5.74) is 3.13. The molecule has 0 aliphatic carbocycles. The molecule has 0 atom stereocenters. The van der Waals surface area contributed by atoms with Crippen molar-refractivity contribution in [2.24, 2.45) is 5.92 Å². The molecule has 3 aliphatic rings. The Morgan fingerprint density at radius 2 is 1.86 bits per heavy atom. The highest BCUT2D eigenvalue weighted by atomic mass is 16.5. The van der Waals surface area contributed by atoms with Crippen LogP contribution in [0.1, 0.15) is 47.4 Å². The van der Waals surface area contributed by atoms with Crippen molar-refractivity contribution >= 4 is 5.91 Å². The smallest absolute Gasteiger partial charge is 0.289 e. The molecule has 2 fully saturated rings. The summed E-state index contributed by atoms with van der Waals surface area (Å²) in [5, 5.41) is 0. The maximum absolute atomic E-state index is 12.7. The number of fused-ring (bicyclic) bond motifs is 2. The van der Waals surface area contributed by atoms with Crippen LogP contribution in [0.15, 0.2) is 47.1 Å². The molecule has 4 heterocycles. The van der Waals surface area contributed by atoms with Gasteiger partial charge in [0.15, 0.2) is 5.76 Å². The summed E-state index contributed by atoms with van der Waals surface area (Å²) in [6.45, 7) is 6.70. The monoisotopic (exact) mass is 394 g/mol. The molecule has 0 saturated carbocycles. The number of nitrogens with zero attached hydrogens (tertiary/aromatic N) is 2. The van der Waals surface area contributed by atoms with E-state index in [-0.39, 0.29) is 11.3 Å². The molecule has 2 saturated heterocycles. The summed E-state index contributed by atoms with van der Waals surface area (Å²) in [6, 6.07) is 12.5. The Balaban J connectivity index is 1.33. The predicted octanol–water partition coefficient (Wildman–Crippen LogP) is 3.70. The van der Waals surface area contributed by atoms with Gasteiger partial charge in [-0.3, -0.25) is 9.69 Å². The molecule has 1 aromatic carbocycles. The third-order valence-corrected chi connectivity index (χ3v) is 7.11. The van der Waals surface area contributed by atoms with Gasteiger partial charge in [0, 0.05) is 51.4 Å². The van der Waals surface area contributed by atoms with Crippen molar-refractivity contribution in [2.45, 2.75) is 37.6 Å². The summed E-state index contributed by atoms with van der Waals surface area (Å²) >= 11 is 0. The molecule has 5 nitrogen and oxygen atoms in total. The van der Waals surface area contributed by atoms with E-state index in [1.165, 1.54) is 24.0 Å². The lowest BCUT2D eigenvalue weighted by Gasteiger charge is -2.49. The number of piperidine rings is 1. The summed E-state index contributed by atoms with van der Waals surface area (Å²) in [6.07, 6.45) is 5.96. The molecule has 0 N–H and O–H groups in total. The minimum absolute atomic E-state index is 0.0213. The van der Waals surface area contributed by atoms with Crippen LogP contribution in [-0.4, -0.2) is 55.1 Å². The molecular weight excluding hydrogens is 364 g/mol. The first-order valence-corrected chi connectivity index (χ1v) is 10.9. The fourth-order valence-electron chi connectivity index (χ4n) is 5.53. The fraction of sp³-hybridized carbons (Fsp3) is 0.542. The molecule has 3 aliphatic heterocycles. The van der Waals surface area contributed by atoms with Crippen LogP contribution in [0.2, 0.25) is 0 Å². The zero-order chi connectivity index (χ0) is 19.7. The van der Waals surface area contributed by atoms with Crippen molar-refractivity contribution in [1.29, 1.82) is 0 Å². The Labute approximate surface area is 172 Å². The SMILES string of the molecule is O=C(c1ccco1)N1CCC2(CC1)CN(CC1CCOCC1)Cc1ccccc12. The second-order valence-electron chi connectivity index (χ2n) is 8.93. The minimum atomic E-state index is 0.0213. The van der Waals surface area contributed by atoms with Gasteiger partial charge in [0.05, 0.1) is 6.26 Å². The molecule has 1 amide bonds. The summed E-state index contributed by atoms with van der Waals surface area (Å²) in [4.78, 5) is 17.3. The quantitative estimate of drug-likeness (QED) is 0.796. The Bertz CT molecular complexity index is 834. The topological polar surface area (TPSA) is 45.9 Å². The Morgan fingerprint density at radius 3 is 2.62 bits per heavy atom. The third kappa shape index (κ3) is 3.74. The van der Waals surface area contributed by atoms with E-state index in [0.29, 0.717) is 5.76 Å². The number of hydrogen-bond donors (Lipinski definition) is 0. The van der Waals surface area contributed by atoms with E-state index in [9.17, 15) is 4.79 Å². The standard InChI is InChI=1S/C24H30N2O3/c27-23(22-6-3-13-29-22)26-11-9-24(10-12-26)18-25(16-19-7-14-28-15-8-19)17-20-4-1-2-5-21(20)24/h1-6,13,19H,7-12,14-18H2. The molecular formula is C24H30N2O3. The zero-order valence-corrected chi connectivity index (χ0v) is 17.0. The first-order chi connectivity index (χ1) is 14.2. The van der Waals surface area contributed by atoms with Crippen LogP contribution in [0, 0.1) is 5.92 Å². The van der Waals surface area contributed by atoms with Gasteiger partial charge in [0.25, 0.3) is 5.91 Å². The Kier molecular flexibility index (Phi) is 5.18. The van der Waals surface area contributed by atoms with Gasteiger partial charge in [-0.15, -0.1) is 0 Å². The first kappa shape index (κ1) is 18.9. The van der Waals surface area contributed by atoms with Crippen molar-refractivity contribution < 1.29 is 13.9 Å². The molecule has 5 heteroatoms. The maximum Gasteiger partial charge on any atom is 0.289 e. The van der Waals surface area contributed by atoms with E-state index >= 15 is 0 Å². The molecule has 1 spiro atoms. The molecule has 29 heavy (non-hydrogen) atoms. The van der Waals surface area contributed by atoms with Crippen molar-refractivity contribution in [1.82, 2.24) is 9.80 Å².